The zero-order valence-corrected chi connectivity index (χ0v) is 10.5. The molecule has 0 amide bonds. The maximum absolute atomic E-state index is 11.6. The lowest BCUT2D eigenvalue weighted by molar-refractivity contribution is 0.0602. The van der Waals surface area contributed by atoms with E-state index < -0.39 is 5.97 Å². The molecular weight excluding hydrogens is 232 g/mol. The van der Waals surface area contributed by atoms with Crippen LogP contribution in [0.4, 0.5) is 11.4 Å². The second-order valence-electron chi connectivity index (χ2n) is 4.18. The molecule has 0 spiro atoms. The molecule has 2 rings (SSSR count). The average molecular weight is 250 g/mol. The maximum Gasteiger partial charge on any atom is 0.340 e. The lowest BCUT2D eigenvalue weighted by atomic mass is 10.1. The van der Waals surface area contributed by atoms with Gasteiger partial charge < -0.3 is 20.1 Å². The summed E-state index contributed by atoms with van der Waals surface area (Å²) >= 11 is 0. The van der Waals surface area contributed by atoms with E-state index in [-0.39, 0.29) is 0 Å². The van der Waals surface area contributed by atoms with Crippen LogP contribution in [0, 0.1) is 0 Å². The highest BCUT2D eigenvalue weighted by Gasteiger charge is 2.17. The molecule has 1 heterocycles. The number of anilines is 2. The molecule has 0 saturated carbocycles. The van der Waals surface area contributed by atoms with E-state index in [0.717, 1.165) is 31.8 Å². The van der Waals surface area contributed by atoms with E-state index >= 15 is 0 Å². The highest BCUT2D eigenvalue weighted by atomic mass is 16.5. The van der Waals surface area contributed by atoms with Gasteiger partial charge in [-0.15, -0.1) is 0 Å². The number of para-hydroxylation sites is 1. The molecule has 2 N–H and O–H groups in total. The molecule has 18 heavy (non-hydrogen) atoms. The minimum Gasteiger partial charge on any atom is -0.465 e. The average Bonchev–Trinajstić information content (AvgIpc) is 2.67. The summed E-state index contributed by atoms with van der Waals surface area (Å²) in [6, 6.07) is 5.43. The number of methoxy groups -OCH3 is 1. The van der Waals surface area contributed by atoms with Crippen molar-refractivity contribution in [2.75, 3.05) is 44.0 Å². The molecule has 1 fully saturated rings. The Morgan fingerprint density at radius 3 is 3.00 bits per heavy atom. The Bertz CT molecular complexity index is 426. The molecule has 5 heteroatoms. The van der Waals surface area contributed by atoms with Gasteiger partial charge in [0.05, 0.1) is 30.7 Å². The fourth-order valence-corrected chi connectivity index (χ4v) is 2.10. The van der Waals surface area contributed by atoms with E-state index in [0.29, 0.717) is 17.9 Å². The molecule has 0 radical (unpaired) electrons. The van der Waals surface area contributed by atoms with E-state index in [2.05, 4.69) is 4.90 Å². The van der Waals surface area contributed by atoms with Crippen molar-refractivity contribution < 1.29 is 14.3 Å². The number of carbonyl (C=O) groups is 1. The molecule has 1 aromatic carbocycles. The number of nitrogen functional groups attached to an aromatic ring is 1. The molecule has 1 aliphatic heterocycles. The summed E-state index contributed by atoms with van der Waals surface area (Å²) in [4.78, 5) is 13.7. The Kier molecular flexibility index (Phi) is 4.04. The minimum absolute atomic E-state index is 0.402. The van der Waals surface area contributed by atoms with Gasteiger partial charge in [0, 0.05) is 19.7 Å². The van der Waals surface area contributed by atoms with E-state index in [9.17, 15) is 4.79 Å². The highest BCUT2D eigenvalue weighted by Crippen LogP contribution is 2.27. The number of esters is 1. The third kappa shape index (κ3) is 2.56. The third-order valence-electron chi connectivity index (χ3n) is 3.05. The van der Waals surface area contributed by atoms with Crippen LogP contribution in [0.1, 0.15) is 16.8 Å². The van der Waals surface area contributed by atoms with Gasteiger partial charge in [-0.1, -0.05) is 6.07 Å². The first-order valence-electron chi connectivity index (χ1n) is 6.03. The Hall–Kier alpha value is -1.75. The SMILES string of the molecule is COC(=O)c1cccc(N2CCCOCC2)c1N. The summed E-state index contributed by atoms with van der Waals surface area (Å²) < 4.78 is 10.1. The lowest BCUT2D eigenvalue weighted by Gasteiger charge is -2.24. The smallest absolute Gasteiger partial charge is 0.340 e. The highest BCUT2D eigenvalue weighted by molar-refractivity contribution is 5.98. The third-order valence-corrected chi connectivity index (χ3v) is 3.05. The maximum atomic E-state index is 11.6. The van der Waals surface area contributed by atoms with Crippen molar-refractivity contribution in [1.82, 2.24) is 0 Å². The fourth-order valence-electron chi connectivity index (χ4n) is 2.10. The largest absolute Gasteiger partial charge is 0.465 e. The molecular formula is C13H18N2O3. The predicted molar refractivity (Wildman–Crippen MR) is 69.8 cm³/mol. The Morgan fingerprint density at radius 2 is 2.22 bits per heavy atom. The van der Waals surface area contributed by atoms with Gasteiger partial charge in [-0.3, -0.25) is 0 Å². The van der Waals surface area contributed by atoms with Crippen molar-refractivity contribution in [1.29, 1.82) is 0 Å². The van der Waals surface area contributed by atoms with Crippen LogP contribution in [0.5, 0.6) is 0 Å². The number of nitrogens with two attached hydrogens (primary N) is 1. The van der Waals surface area contributed by atoms with Gasteiger partial charge in [0.25, 0.3) is 0 Å². The number of hydrogen-bond acceptors (Lipinski definition) is 5. The first-order valence-corrected chi connectivity index (χ1v) is 6.03. The van der Waals surface area contributed by atoms with Crippen LogP contribution in [0.2, 0.25) is 0 Å². The van der Waals surface area contributed by atoms with Crippen molar-refractivity contribution in [3.8, 4) is 0 Å². The van der Waals surface area contributed by atoms with E-state index in [1.54, 1.807) is 6.07 Å². The van der Waals surface area contributed by atoms with Gasteiger partial charge in [-0.05, 0) is 18.6 Å². The molecule has 1 aromatic rings. The Morgan fingerprint density at radius 1 is 1.39 bits per heavy atom. The van der Waals surface area contributed by atoms with Crippen molar-refractivity contribution in [3.63, 3.8) is 0 Å². The molecule has 1 saturated heterocycles. The number of ether oxygens (including phenoxy) is 2. The van der Waals surface area contributed by atoms with Crippen molar-refractivity contribution in [2.24, 2.45) is 0 Å². The molecule has 0 aromatic heterocycles. The van der Waals surface area contributed by atoms with Crippen LogP contribution in [0.15, 0.2) is 18.2 Å². The van der Waals surface area contributed by atoms with Gasteiger partial charge in [0.2, 0.25) is 0 Å². The summed E-state index contributed by atoms with van der Waals surface area (Å²) in [6.07, 6.45) is 0.960. The fraction of sp³-hybridized carbons (Fsp3) is 0.462. The van der Waals surface area contributed by atoms with Gasteiger partial charge in [-0.25, -0.2) is 4.79 Å². The zero-order valence-electron chi connectivity index (χ0n) is 10.5. The number of benzene rings is 1. The van der Waals surface area contributed by atoms with Crippen LogP contribution >= 0.6 is 0 Å². The minimum atomic E-state index is -0.402. The van der Waals surface area contributed by atoms with Crippen molar-refractivity contribution in [2.45, 2.75) is 6.42 Å². The van der Waals surface area contributed by atoms with Gasteiger partial charge in [0.15, 0.2) is 0 Å². The van der Waals surface area contributed by atoms with Gasteiger partial charge in [0.1, 0.15) is 0 Å². The Balaban J connectivity index is 2.29. The van der Waals surface area contributed by atoms with Crippen LogP contribution in [-0.2, 0) is 9.47 Å². The lowest BCUT2D eigenvalue weighted by Crippen LogP contribution is -2.27. The summed E-state index contributed by atoms with van der Waals surface area (Å²) in [5.41, 5.74) is 7.83. The molecule has 0 atom stereocenters. The first kappa shape index (κ1) is 12.7. The monoisotopic (exact) mass is 250 g/mol. The second kappa shape index (κ2) is 5.73. The van der Waals surface area contributed by atoms with Crippen LogP contribution in [0.25, 0.3) is 0 Å². The standard InChI is InChI=1S/C13H18N2O3/c1-17-13(16)10-4-2-5-11(12(10)14)15-6-3-8-18-9-7-15/h2,4-5H,3,6-9,14H2,1H3. The number of nitrogens with zero attached hydrogens (tertiary/aromatic N) is 1. The van der Waals surface area contributed by atoms with Gasteiger partial charge >= 0.3 is 5.97 Å². The van der Waals surface area contributed by atoms with E-state index in [4.69, 9.17) is 15.2 Å². The quantitative estimate of drug-likeness (QED) is 0.632. The topological polar surface area (TPSA) is 64.8 Å². The molecule has 98 valence electrons. The van der Waals surface area contributed by atoms with Crippen LogP contribution in [-0.4, -0.2) is 39.4 Å². The number of carbonyl (C=O) groups excluding carboxylic acids is 1. The van der Waals surface area contributed by atoms with Crippen molar-refractivity contribution in [3.05, 3.63) is 23.8 Å². The first-order chi connectivity index (χ1) is 8.74. The Labute approximate surface area is 106 Å². The predicted octanol–water partition coefficient (Wildman–Crippen LogP) is 1.28. The molecule has 0 bridgehead atoms. The molecule has 0 unspecified atom stereocenters. The van der Waals surface area contributed by atoms with E-state index in [1.165, 1.54) is 7.11 Å². The zero-order chi connectivity index (χ0) is 13.0. The van der Waals surface area contributed by atoms with Gasteiger partial charge in [-0.2, -0.15) is 0 Å². The summed E-state index contributed by atoms with van der Waals surface area (Å²) in [5.74, 6) is -0.402. The summed E-state index contributed by atoms with van der Waals surface area (Å²) in [6.45, 7) is 3.12. The molecule has 1 aliphatic rings. The van der Waals surface area contributed by atoms with Crippen molar-refractivity contribution >= 4 is 17.3 Å². The summed E-state index contributed by atoms with van der Waals surface area (Å²) in [5, 5.41) is 0. The molecule has 5 nitrogen and oxygen atoms in total. The normalized spacial score (nSPS) is 16.2. The number of rotatable bonds is 2. The van der Waals surface area contributed by atoms with Crippen LogP contribution in [0.3, 0.4) is 0 Å². The molecule has 0 aliphatic carbocycles. The van der Waals surface area contributed by atoms with E-state index in [1.807, 2.05) is 12.1 Å². The number of hydrogen-bond donors (Lipinski definition) is 1. The summed E-state index contributed by atoms with van der Waals surface area (Å²) in [7, 11) is 1.36. The second-order valence-corrected chi connectivity index (χ2v) is 4.18. The van der Waals surface area contributed by atoms with Crippen LogP contribution < -0.4 is 10.6 Å².